The number of hydrogen-bond donors (Lipinski definition) is 1. The minimum atomic E-state index is -0.879. The zero-order chi connectivity index (χ0) is 11.4. The van der Waals surface area contributed by atoms with Gasteiger partial charge in [-0.2, -0.15) is 0 Å². The molecule has 16 heavy (non-hydrogen) atoms. The zero-order valence-electron chi connectivity index (χ0n) is 8.83. The Morgan fingerprint density at radius 1 is 1.31 bits per heavy atom. The maximum Gasteiger partial charge on any atom is 0.472 e. The standard InChI is InChI=1S/C11H13BO4/c13-11(14)10(12-15-6-7-16-12)8-9-4-2-1-3-5-9/h1-5,10H,6-8H2,(H,13,14). The largest absolute Gasteiger partial charge is 0.481 e. The second kappa shape index (κ2) is 5.14. The quantitative estimate of drug-likeness (QED) is 0.775. The van der Waals surface area contributed by atoms with Crippen LogP contribution < -0.4 is 0 Å². The van der Waals surface area contributed by atoms with E-state index in [0.29, 0.717) is 19.6 Å². The molecule has 2 rings (SSSR count). The van der Waals surface area contributed by atoms with Gasteiger partial charge in [0.25, 0.3) is 0 Å². The van der Waals surface area contributed by atoms with E-state index in [2.05, 4.69) is 0 Å². The first-order valence-electron chi connectivity index (χ1n) is 5.27. The molecule has 0 saturated carbocycles. The maximum absolute atomic E-state index is 11.1. The monoisotopic (exact) mass is 220 g/mol. The summed E-state index contributed by atoms with van der Waals surface area (Å²) in [5, 5.41) is 9.13. The van der Waals surface area contributed by atoms with E-state index >= 15 is 0 Å². The summed E-state index contributed by atoms with van der Waals surface area (Å²) in [5.74, 6) is -1.51. The van der Waals surface area contributed by atoms with Gasteiger partial charge in [0.2, 0.25) is 0 Å². The van der Waals surface area contributed by atoms with Crippen LogP contribution in [0.25, 0.3) is 0 Å². The van der Waals surface area contributed by atoms with Crippen LogP contribution in [0.4, 0.5) is 0 Å². The Morgan fingerprint density at radius 3 is 2.50 bits per heavy atom. The molecule has 84 valence electrons. The fourth-order valence-electron chi connectivity index (χ4n) is 1.78. The van der Waals surface area contributed by atoms with Gasteiger partial charge in [-0.1, -0.05) is 30.3 Å². The molecule has 1 unspecified atom stereocenters. The highest BCUT2D eigenvalue weighted by Gasteiger charge is 2.38. The molecule has 0 aliphatic carbocycles. The molecular formula is C11H13BO4. The molecule has 1 saturated heterocycles. The molecule has 1 aromatic rings. The Labute approximate surface area is 94.3 Å². The van der Waals surface area contributed by atoms with Gasteiger partial charge < -0.3 is 14.4 Å². The molecule has 4 nitrogen and oxygen atoms in total. The Kier molecular flexibility index (Phi) is 3.59. The van der Waals surface area contributed by atoms with Crippen molar-refractivity contribution < 1.29 is 19.2 Å². The number of carbonyl (C=O) groups is 1. The lowest BCUT2D eigenvalue weighted by Gasteiger charge is -2.13. The van der Waals surface area contributed by atoms with Crippen molar-refractivity contribution in [2.24, 2.45) is 0 Å². The van der Waals surface area contributed by atoms with E-state index in [4.69, 9.17) is 14.4 Å². The predicted molar refractivity (Wildman–Crippen MR) is 59.2 cm³/mol. The lowest BCUT2D eigenvalue weighted by atomic mass is 9.69. The van der Waals surface area contributed by atoms with Crippen LogP contribution >= 0.6 is 0 Å². The molecule has 0 spiro atoms. The van der Waals surface area contributed by atoms with Gasteiger partial charge in [-0.25, -0.2) is 0 Å². The minimum Gasteiger partial charge on any atom is -0.481 e. The lowest BCUT2D eigenvalue weighted by Crippen LogP contribution is -2.30. The molecule has 1 aromatic carbocycles. The summed E-state index contributed by atoms with van der Waals surface area (Å²) in [5.41, 5.74) is 0.981. The van der Waals surface area contributed by atoms with E-state index < -0.39 is 18.9 Å². The molecule has 5 heteroatoms. The van der Waals surface area contributed by atoms with E-state index in [-0.39, 0.29) is 0 Å². The first-order chi connectivity index (χ1) is 7.77. The predicted octanol–water partition coefficient (Wildman–Crippen LogP) is 1.22. The van der Waals surface area contributed by atoms with Gasteiger partial charge >= 0.3 is 13.1 Å². The van der Waals surface area contributed by atoms with E-state index in [0.717, 1.165) is 5.56 Å². The second-order valence-corrected chi connectivity index (χ2v) is 3.74. The smallest absolute Gasteiger partial charge is 0.472 e. The topological polar surface area (TPSA) is 55.8 Å². The minimum absolute atomic E-state index is 0.431. The van der Waals surface area contributed by atoms with Crippen LogP contribution in [0.3, 0.4) is 0 Å². The summed E-state index contributed by atoms with van der Waals surface area (Å²) >= 11 is 0. The van der Waals surface area contributed by atoms with Crippen molar-refractivity contribution >= 4 is 13.1 Å². The van der Waals surface area contributed by atoms with Gasteiger partial charge in [-0.3, -0.25) is 4.79 Å². The number of hydrogen-bond acceptors (Lipinski definition) is 3. The Morgan fingerprint density at radius 2 is 1.94 bits per heavy atom. The summed E-state index contributed by atoms with van der Waals surface area (Å²) < 4.78 is 10.5. The Bertz CT molecular complexity index is 348. The van der Waals surface area contributed by atoms with Gasteiger partial charge in [0.1, 0.15) is 0 Å². The third-order valence-corrected chi connectivity index (χ3v) is 2.59. The third kappa shape index (κ3) is 2.62. The van der Waals surface area contributed by atoms with Crippen LogP contribution in [-0.2, 0) is 20.5 Å². The summed E-state index contributed by atoms with van der Waals surface area (Å²) in [6.07, 6.45) is 0.431. The summed E-state index contributed by atoms with van der Waals surface area (Å²) in [6, 6.07) is 9.51. The Hall–Kier alpha value is -1.33. The first-order valence-corrected chi connectivity index (χ1v) is 5.27. The van der Waals surface area contributed by atoms with E-state index in [1.165, 1.54) is 0 Å². The molecule has 1 N–H and O–H groups in total. The van der Waals surface area contributed by atoms with E-state index in [1.807, 2.05) is 30.3 Å². The van der Waals surface area contributed by atoms with Crippen molar-refractivity contribution in [3.05, 3.63) is 35.9 Å². The molecule has 0 radical (unpaired) electrons. The lowest BCUT2D eigenvalue weighted by molar-refractivity contribution is -0.137. The highest BCUT2D eigenvalue weighted by molar-refractivity contribution is 6.51. The molecule has 0 aromatic heterocycles. The highest BCUT2D eigenvalue weighted by Crippen LogP contribution is 2.22. The maximum atomic E-state index is 11.1. The van der Waals surface area contributed by atoms with Crippen molar-refractivity contribution in [3.8, 4) is 0 Å². The van der Waals surface area contributed by atoms with Crippen molar-refractivity contribution in [2.75, 3.05) is 13.2 Å². The van der Waals surface area contributed by atoms with Crippen LogP contribution in [0.15, 0.2) is 30.3 Å². The van der Waals surface area contributed by atoms with Crippen molar-refractivity contribution in [1.82, 2.24) is 0 Å². The van der Waals surface area contributed by atoms with Gasteiger partial charge in [-0.15, -0.1) is 0 Å². The van der Waals surface area contributed by atoms with Crippen molar-refractivity contribution in [2.45, 2.75) is 12.2 Å². The zero-order valence-corrected chi connectivity index (χ0v) is 8.83. The molecule has 1 aliphatic heterocycles. The average Bonchev–Trinajstić information content (AvgIpc) is 2.80. The summed E-state index contributed by atoms with van der Waals surface area (Å²) in [4.78, 5) is 11.1. The highest BCUT2D eigenvalue weighted by atomic mass is 16.6. The fraction of sp³-hybridized carbons (Fsp3) is 0.364. The molecule has 0 bridgehead atoms. The van der Waals surface area contributed by atoms with Crippen LogP contribution in [0.2, 0.25) is 5.82 Å². The number of carboxylic acids is 1. The number of benzene rings is 1. The van der Waals surface area contributed by atoms with Crippen LogP contribution in [-0.4, -0.2) is 31.4 Å². The van der Waals surface area contributed by atoms with Gasteiger partial charge in [-0.05, 0) is 12.0 Å². The van der Waals surface area contributed by atoms with E-state index in [1.54, 1.807) is 0 Å². The normalized spacial score (nSPS) is 17.4. The Balaban J connectivity index is 2.05. The van der Waals surface area contributed by atoms with Crippen LogP contribution in [0.5, 0.6) is 0 Å². The van der Waals surface area contributed by atoms with Crippen molar-refractivity contribution in [1.29, 1.82) is 0 Å². The second-order valence-electron chi connectivity index (χ2n) is 3.74. The third-order valence-electron chi connectivity index (χ3n) is 2.59. The van der Waals surface area contributed by atoms with Gasteiger partial charge in [0.05, 0.1) is 19.0 Å². The molecule has 1 atom stereocenters. The molecular weight excluding hydrogens is 207 g/mol. The van der Waals surface area contributed by atoms with Gasteiger partial charge in [0, 0.05) is 0 Å². The first kappa shape index (κ1) is 11.2. The molecule has 1 heterocycles. The average molecular weight is 220 g/mol. The number of aliphatic carboxylic acids is 1. The van der Waals surface area contributed by atoms with Gasteiger partial charge in [0.15, 0.2) is 0 Å². The summed E-state index contributed by atoms with van der Waals surface area (Å²) in [6.45, 7) is 0.951. The molecule has 1 fully saturated rings. The SMILES string of the molecule is O=C(O)C(Cc1ccccc1)B1OCCO1. The van der Waals surface area contributed by atoms with E-state index in [9.17, 15) is 4.79 Å². The fourth-order valence-corrected chi connectivity index (χ4v) is 1.78. The van der Waals surface area contributed by atoms with Crippen molar-refractivity contribution in [3.63, 3.8) is 0 Å². The molecule has 1 aliphatic rings. The van der Waals surface area contributed by atoms with Crippen LogP contribution in [0, 0.1) is 0 Å². The summed E-state index contributed by atoms with van der Waals surface area (Å²) in [7, 11) is -0.613. The number of rotatable bonds is 4. The molecule has 0 amide bonds. The van der Waals surface area contributed by atoms with Crippen LogP contribution in [0.1, 0.15) is 5.56 Å². The number of carboxylic acid groups (broad SMARTS) is 1.